The van der Waals surface area contributed by atoms with Gasteiger partial charge in [-0.2, -0.15) is 0 Å². The van der Waals surface area contributed by atoms with Crippen LogP contribution in [-0.2, 0) is 0 Å². The van der Waals surface area contributed by atoms with E-state index in [0.717, 1.165) is 0 Å². The Balaban J connectivity index is 2.43. The molecule has 0 atom stereocenters. The van der Waals surface area contributed by atoms with Crippen molar-refractivity contribution in [3.8, 4) is 0 Å². The number of hydrogen-bond donors (Lipinski definition) is 0. The number of unbranched alkanes of at least 4 members (excludes halogenated alkanes) is 1. The normalized spacial score (nSPS) is 17.2. The highest BCUT2D eigenvalue weighted by atomic mass is 14.1. The number of hydrogen-bond acceptors (Lipinski definition) is 0. The van der Waals surface area contributed by atoms with Gasteiger partial charge in [-0.1, -0.05) is 43.6 Å². The first-order chi connectivity index (χ1) is 5.86. The van der Waals surface area contributed by atoms with Crippen LogP contribution in [0.15, 0.2) is 23.3 Å². The lowest BCUT2D eigenvalue weighted by molar-refractivity contribution is 0.745. The molecule has 1 rings (SSSR count). The summed E-state index contributed by atoms with van der Waals surface area (Å²) in [5, 5.41) is 0. The predicted molar refractivity (Wildman–Crippen MR) is 55.2 cm³/mol. The Morgan fingerprint density at radius 2 is 2.17 bits per heavy atom. The molecule has 0 aromatic heterocycles. The van der Waals surface area contributed by atoms with E-state index in [9.17, 15) is 0 Å². The SMILES string of the molecule is CCCCC1=CC(CC)=CCC1. The van der Waals surface area contributed by atoms with E-state index >= 15 is 0 Å². The Labute approximate surface area is 76.4 Å². The van der Waals surface area contributed by atoms with Gasteiger partial charge in [-0.25, -0.2) is 0 Å². The van der Waals surface area contributed by atoms with Crippen LogP contribution in [0.2, 0.25) is 0 Å². The molecule has 0 amide bonds. The highest BCUT2D eigenvalue weighted by Gasteiger charge is 2.02. The quantitative estimate of drug-likeness (QED) is 0.583. The van der Waals surface area contributed by atoms with Gasteiger partial charge in [0.05, 0.1) is 0 Å². The summed E-state index contributed by atoms with van der Waals surface area (Å²) >= 11 is 0. The van der Waals surface area contributed by atoms with Gasteiger partial charge in [0.25, 0.3) is 0 Å². The van der Waals surface area contributed by atoms with Gasteiger partial charge < -0.3 is 0 Å². The van der Waals surface area contributed by atoms with E-state index in [1.165, 1.54) is 38.5 Å². The van der Waals surface area contributed by atoms with Crippen LogP contribution in [-0.4, -0.2) is 0 Å². The third kappa shape index (κ3) is 2.84. The number of rotatable bonds is 4. The Hall–Kier alpha value is -0.520. The molecule has 0 saturated heterocycles. The van der Waals surface area contributed by atoms with Gasteiger partial charge in [-0.15, -0.1) is 0 Å². The molecule has 12 heavy (non-hydrogen) atoms. The average molecular weight is 164 g/mol. The van der Waals surface area contributed by atoms with E-state index in [2.05, 4.69) is 26.0 Å². The van der Waals surface area contributed by atoms with Crippen molar-refractivity contribution >= 4 is 0 Å². The van der Waals surface area contributed by atoms with Crippen molar-refractivity contribution in [3.63, 3.8) is 0 Å². The Bertz CT molecular complexity index is 184. The fourth-order valence-corrected chi connectivity index (χ4v) is 1.68. The zero-order valence-corrected chi connectivity index (χ0v) is 8.40. The summed E-state index contributed by atoms with van der Waals surface area (Å²) in [6, 6.07) is 0. The second kappa shape index (κ2) is 5.18. The summed E-state index contributed by atoms with van der Waals surface area (Å²) < 4.78 is 0. The lowest BCUT2D eigenvalue weighted by Crippen LogP contribution is -1.92. The molecule has 0 heterocycles. The molecule has 1 aliphatic rings. The molecule has 0 radical (unpaired) electrons. The van der Waals surface area contributed by atoms with Crippen molar-refractivity contribution in [1.29, 1.82) is 0 Å². The van der Waals surface area contributed by atoms with Crippen molar-refractivity contribution in [2.24, 2.45) is 0 Å². The molecule has 1 aliphatic carbocycles. The lowest BCUT2D eigenvalue weighted by atomic mass is 9.94. The zero-order valence-electron chi connectivity index (χ0n) is 8.40. The Morgan fingerprint density at radius 1 is 1.33 bits per heavy atom. The summed E-state index contributed by atoms with van der Waals surface area (Å²) in [5.74, 6) is 0. The van der Waals surface area contributed by atoms with Gasteiger partial charge >= 0.3 is 0 Å². The van der Waals surface area contributed by atoms with Crippen molar-refractivity contribution in [1.82, 2.24) is 0 Å². The maximum absolute atomic E-state index is 2.42. The minimum atomic E-state index is 1.20. The second-order valence-electron chi connectivity index (χ2n) is 3.58. The average Bonchev–Trinajstić information content (AvgIpc) is 2.15. The standard InChI is InChI=1S/C12H20/c1-3-5-7-12-9-6-8-11(4-2)10-12/h8,10H,3-7,9H2,1-2H3. The van der Waals surface area contributed by atoms with Gasteiger partial charge in [-0.3, -0.25) is 0 Å². The van der Waals surface area contributed by atoms with Crippen molar-refractivity contribution in [3.05, 3.63) is 23.3 Å². The van der Waals surface area contributed by atoms with E-state index < -0.39 is 0 Å². The molecule has 0 N–H and O–H groups in total. The van der Waals surface area contributed by atoms with Gasteiger partial charge in [-0.05, 0) is 32.1 Å². The van der Waals surface area contributed by atoms with Gasteiger partial charge in [0.15, 0.2) is 0 Å². The molecule has 0 aromatic rings. The maximum atomic E-state index is 2.42. The fraction of sp³-hybridized carbons (Fsp3) is 0.667. The predicted octanol–water partition coefficient (Wildman–Crippen LogP) is 4.23. The first kappa shape index (κ1) is 9.57. The Kier molecular flexibility index (Phi) is 4.13. The molecule has 68 valence electrons. The van der Waals surface area contributed by atoms with E-state index in [0.29, 0.717) is 0 Å². The summed E-state index contributed by atoms with van der Waals surface area (Å²) in [7, 11) is 0. The topological polar surface area (TPSA) is 0 Å². The monoisotopic (exact) mass is 164 g/mol. The number of allylic oxidation sites excluding steroid dienone is 4. The van der Waals surface area contributed by atoms with E-state index in [1.807, 2.05) is 0 Å². The Morgan fingerprint density at radius 3 is 2.83 bits per heavy atom. The molecule has 0 aromatic carbocycles. The smallest absolute Gasteiger partial charge is 0.0282 e. The van der Waals surface area contributed by atoms with Crippen LogP contribution in [0.4, 0.5) is 0 Å². The molecule has 0 saturated carbocycles. The molecule has 0 aliphatic heterocycles. The third-order valence-electron chi connectivity index (χ3n) is 2.52. The summed E-state index contributed by atoms with van der Waals surface area (Å²) in [6.45, 7) is 4.51. The largest absolute Gasteiger partial charge is 0.0810 e. The van der Waals surface area contributed by atoms with E-state index in [-0.39, 0.29) is 0 Å². The molecule has 0 bridgehead atoms. The lowest BCUT2D eigenvalue weighted by Gasteiger charge is -2.12. The van der Waals surface area contributed by atoms with Gasteiger partial charge in [0, 0.05) is 0 Å². The molecule has 0 heteroatoms. The molecule has 0 nitrogen and oxygen atoms in total. The van der Waals surface area contributed by atoms with Crippen molar-refractivity contribution in [2.75, 3.05) is 0 Å². The summed E-state index contributed by atoms with van der Waals surface area (Å²) in [4.78, 5) is 0. The van der Waals surface area contributed by atoms with Crippen LogP contribution in [0, 0.1) is 0 Å². The zero-order chi connectivity index (χ0) is 8.81. The van der Waals surface area contributed by atoms with Crippen LogP contribution in [0.3, 0.4) is 0 Å². The fourth-order valence-electron chi connectivity index (χ4n) is 1.68. The summed E-state index contributed by atoms with van der Waals surface area (Å²) in [6.07, 6.45) is 12.6. The van der Waals surface area contributed by atoms with Crippen LogP contribution in [0.25, 0.3) is 0 Å². The van der Waals surface area contributed by atoms with E-state index in [1.54, 1.807) is 11.1 Å². The highest BCUT2D eigenvalue weighted by molar-refractivity contribution is 5.27. The van der Waals surface area contributed by atoms with Crippen LogP contribution in [0.1, 0.15) is 52.4 Å². The summed E-state index contributed by atoms with van der Waals surface area (Å²) in [5.41, 5.74) is 3.23. The van der Waals surface area contributed by atoms with Crippen molar-refractivity contribution < 1.29 is 0 Å². The molecule has 0 spiro atoms. The molecule has 0 unspecified atom stereocenters. The minimum Gasteiger partial charge on any atom is -0.0810 e. The molecular weight excluding hydrogens is 144 g/mol. The third-order valence-corrected chi connectivity index (χ3v) is 2.52. The molecule has 0 fully saturated rings. The van der Waals surface area contributed by atoms with Gasteiger partial charge in [0.2, 0.25) is 0 Å². The first-order valence-electron chi connectivity index (χ1n) is 5.25. The minimum absolute atomic E-state index is 1.20. The first-order valence-corrected chi connectivity index (χ1v) is 5.25. The highest BCUT2D eigenvalue weighted by Crippen LogP contribution is 2.22. The molecular formula is C12H20. The van der Waals surface area contributed by atoms with Gasteiger partial charge in [0.1, 0.15) is 0 Å². The van der Waals surface area contributed by atoms with Crippen LogP contribution >= 0.6 is 0 Å². The van der Waals surface area contributed by atoms with E-state index in [4.69, 9.17) is 0 Å². The van der Waals surface area contributed by atoms with Crippen LogP contribution < -0.4 is 0 Å². The second-order valence-corrected chi connectivity index (χ2v) is 3.58. The van der Waals surface area contributed by atoms with Crippen molar-refractivity contribution in [2.45, 2.75) is 52.4 Å². The maximum Gasteiger partial charge on any atom is -0.0282 e. The van der Waals surface area contributed by atoms with Crippen LogP contribution in [0.5, 0.6) is 0 Å².